The summed E-state index contributed by atoms with van der Waals surface area (Å²) in [7, 11) is 0. The van der Waals surface area contributed by atoms with Crippen molar-refractivity contribution in [2.24, 2.45) is 0 Å². The van der Waals surface area contributed by atoms with Crippen LogP contribution in [0.15, 0.2) is 30.5 Å². The molecule has 2 heterocycles. The Morgan fingerprint density at radius 2 is 2.05 bits per heavy atom. The van der Waals surface area contributed by atoms with Gasteiger partial charge in [0.05, 0.1) is 29.8 Å². The molecule has 0 aliphatic heterocycles. The summed E-state index contributed by atoms with van der Waals surface area (Å²) in [6, 6.07) is 7.93. The maximum atomic E-state index is 11.9. The van der Waals surface area contributed by atoms with Crippen molar-refractivity contribution in [1.29, 1.82) is 0 Å². The molecule has 1 aromatic carbocycles. The zero-order valence-electron chi connectivity index (χ0n) is 11.9. The number of nitrogens with one attached hydrogen (secondary N) is 1. The lowest BCUT2D eigenvalue weighted by Gasteiger charge is -2.06. The zero-order chi connectivity index (χ0) is 14.7. The van der Waals surface area contributed by atoms with E-state index >= 15 is 0 Å². The van der Waals surface area contributed by atoms with Crippen LogP contribution in [0.3, 0.4) is 0 Å². The lowest BCUT2D eigenvalue weighted by molar-refractivity contribution is 0.0897. The number of halogens is 1. The van der Waals surface area contributed by atoms with Gasteiger partial charge in [-0.25, -0.2) is 4.39 Å². The monoisotopic (exact) mass is 288 g/mol. The van der Waals surface area contributed by atoms with Crippen LogP contribution in [0, 0.1) is 6.92 Å². The highest BCUT2D eigenvalue weighted by Crippen LogP contribution is 2.27. The van der Waals surface area contributed by atoms with E-state index in [9.17, 15) is 4.39 Å². The summed E-state index contributed by atoms with van der Waals surface area (Å²) in [6.07, 6.45) is 1.86. The number of rotatable bonds is 6. The van der Waals surface area contributed by atoms with Gasteiger partial charge in [0.2, 0.25) is 0 Å². The highest BCUT2D eigenvalue weighted by Gasteiger charge is 2.06. The Labute approximate surface area is 121 Å². The van der Waals surface area contributed by atoms with Gasteiger partial charge >= 0.3 is 0 Å². The molecule has 0 atom stereocenters. The first kappa shape index (κ1) is 13.8. The predicted octanol–water partition coefficient (Wildman–Crippen LogP) is 3.39. The molecule has 4 nitrogen and oxygen atoms in total. The molecule has 0 saturated heterocycles. The van der Waals surface area contributed by atoms with Gasteiger partial charge in [0.25, 0.3) is 0 Å². The molecule has 3 aromatic rings. The van der Waals surface area contributed by atoms with Crippen molar-refractivity contribution in [3.05, 3.63) is 36.0 Å². The molecule has 0 aliphatic carbocycles. The Kier molecular flexibility index (Phi) is 4.01. The Bertz CT molecular complexity index is 754. The standard InChI is InChI=1S/C16H17FN2O2/c1-11-8-15-16(18-10-11)13-3-2-12(9-14(13)19-15)21-7-6-20-5-4-17/h2-3,8-10,19H,4-7H2,1H3. The zero-order valence-corrected chi connectivity index (χ0v) is 11.9. The summed E-state index contributed by atoms with van der Waals surface area (Å²) in [5, 5.41) is 1.08. The molecule has 3 rings (SSSR count). The van der Waals surface area contributed by atoms with Crippen molar-refractivity contribution < 1.29 is 13.9 Å². The second kappa shape index (κ2) is 6.10. The molecule has 110 valence electrons. The fourth-order valence-electron chi connectivity index (χ4n) is 2.32. The largest absolute Gasteiger partial charge is 0.491 e. The van der Waals surface area contributed by atoms with Gasteiger partial charge in [0, 0.05) is 17.6 Å². The van der Waals surface area contributed by atoms with Gasteiger partial charge in [-0.05, 0) is 30.7 Å². The van der Waals surface area contributed by atoms with E-state index in [0.717, 1.165) is 33.2 Å². The van der Waals surface area contributed by atoms with Crippen LogP contribution in [-0.4, -0.2) is 36.5 Å². The highest BCUT2D eigenvalue weighted by atomic mass is 19.1. The average molecular weight is 288 g/mol. The number of hydrogen-bond acceptors (Lipinski definition) is 3. The fourth-order valence-corrected chi connectivity index (χ4v) is 2.32. The van der Waals surface area contributed by atoms with Gasteiger partial charge in [0.15, 0.2) is 0 Å². The third kappa shape index (κ3) is 2.97. The van der Waals surface area contributed by atoms with Crippen molar-refractivity contribution in [2.45, 2.75) is 6.92 Å². The number of H-pyrrole nitrogens is 1. The first-order valence-electron chi connectivity index (χ1n) is 6.92. The summed E-state index contributed by atoms with van der Waals surface area (Å²) >= 11 is 0. The Morgan fingerprint density at radius 1 is 1.14 bits per heavy atom. The molecule has 2 aromatic heterocycles. The van der Waals surface area contributed by atoms with Crippen LogP contribution < -0.4 is 4.74 Å². The lowest BCUT2D eigenvalue weighted by atomic mass is 10.2. The molecular weight excluding hydrogens is 271 g/mol. The summed E-state index contributed by atoms with van der Waals surface area (Å²) in [4.78, 5) is 7.81. The normalized spacial score (nSPS) is 11.3. The number of pyridine rings is 1. The molecule has 0 radical (unpaired) electrons. The minimum atomic E-state index is -0.465. The van der Waals surface area contributed by atoms with E-state index in [-0.39, 0.29) is 6.61 Å². The first-order valence-corrected chi connectivity index (χ1v) is 6.92. The number of hydrogen-bond donors (Lipinski definition) is 1. The second-order valence-corrected chi connectivity index (χ2v) is 4.89. The molecule has 0 amide bonds. The first-order chi connectivity index (χ1) is 10.3. The topological polar surface area (TPSA) is 47.1 Å². The van der Waals surface area contributed by atoms with E-state index in [4.69, 9.17) is 9.47 Å². The van der Waals surface area contributed by atoms with E-state index < -0.39 is 6.67 Å². The van der Waals surface area contributed by atoms with Crippen LogP contribution in [0.25, 0.3) is 21.9 Å². The van der Waals surface area contributed by atoms with Crippen LogP contribution in [0.4, 0.5) is 4.39 Å². The number of aromatic amines is 1. The van der Waals surface area contributed by atoms with Crippen molar-refractivity contribution in [3.8, 4) is 5.75 Å². The Balaban J connectivity index is 1.78. The third-order valence-electron chi connectivity index (χ3n) is 3.26. The number of alkyl halides is 1. The fraction of sp³-hybridized carbons (Fsp3) is 0.312. The van der Waals surface area contributed by atoms with Crippen molar-refractivity contribution in [3.63, 3.8) is 0 Å². The number of benzene rings is 1. The van der Waals surface area contributed by atoms with E-state index in [1.54, 1.807) is 0 Å². The number of ether oxygens (including phenoxy) is 2. The molecule has 0 bridgehead atoms. The molecule has 0 aliphatic rings. The minimum Gasteiger partial charge on any atom is -0.491 e. The molecule has 21 heavy (non-hydrogen) atoms. The molecule has 0 fully saturated rings. The van der Waals surface area contributed by atoms with Crippen molar-refractivity contribution in [1.82, 2.24) is 9.97 Å². The van der Waals surface area contributed by atoms with Gasteiger partial charge in [-0.2, -0.15) is 0 Å². The van der Waals surface area contributed by atoms with E-state index in [2.05, 4.69) is 16.0 Å². The molecule has 5 heteroatoms. The number of aromatic nitrogens is 2. The SMILES string of the molecule is Cc1cnc2c(c1)[nH]c1cc(OCCOCCF)ccc12. The van der Waals surface area contributed by atoms with E-state index in [0.29, 0.717) is 13.2 Å². The lowest BCUT2D eigenvalue weighted by Crippen LogP contribution is -2.08. The number of fused-ring (bicyclic) bond motifs is 3. The Hall–Kier alpha value is -2.14. The highest BCUT2D eigenvalue weighted by molar-refractivity contribution is 6.05. The molecule has 1 N–H and O–H groups in total. The van der Waals surface area contributed by atoms with Gasteiger partial charge in [0.1, 0.15) is 19.0 Å². The van der Waals surface area contributed by atoms with Crippen LogP contribution in [0.1, 0.15) is 5.56 Å². The molecule has 0 unspecified atom stereocenters. The smallest absolute Gasteiger partial charge is 0.121 e. The van der Waals surface area contributed by atoms with E-state index in [1.807, 2.05) is 31.3 Å². The van der Waals surface area contributed by atoms with Gasteiger partial charge < -0.3 is 14.5 Å². The summed E-state index contributed by atoms with van der Waals surface area (Å²) in [5.74, 6) is 0.759. The second-order valence-electron chi connectivity index (χ2n) is 4.89. The van der Waals surface area contributed by atoms with Gasteiger partial charge in [-0.3, -0.25) is 4.98 Å². The Morgan fingerprint density at radius 3 is 2.90 bits per heavy atom. The molecule has 0 spiro atoms. The number of nitrogens with zero attached hydrogens (tertiary/aromatic N) is 1. The minimum absolute atomic E-state index is 0.120. The molecular formula is C16H17FN2O2. The van der Waals surface area contributed by atoms with Crippen LogP contribution in [0.2, 0.25) is 0 Å². The van der Waals surface area contributed by atoms with Gasteiger partial charge in [-0.15, -0.1) is 0 Å². The van der Waals surface area contributed by atoms with E-state index in [1.165, 1.54) is 0 Å². The van der Waals surface area contributed by atoms with Crippen LogP contribution >= 0.6 is 0 Å². The van der Waals surface area contributed by atoms with Crippen molar-refractivity contribution >= 4 is 21.9 Å². The predicted molar refractivity (Wildman–Crippen MR) is 80.6 cm³/mol. The maximum absolute atomic E-state index is 11.9. The summed E-state index contributed by atoms with van der Waals surface area (Å²) in [6.45, 7) is 2.46. The average Bonchev–Trinajstić information content (AvgIpc) is 2.83. The van der Waals surface area contributed by atoms with Crippen molar-refractivity contribution in [2.75, 3.05) is 26.5 Å². The summed E-state index contributed by atoms with van der Waals surface area (Å²) < 4.78 is 22.5. The van der Waals surface area contributed by atoms with Gasteiger partial charge in [-0.1, -0.05) is 0 Å². The van der Waals surface area contributed by atoms with Crippen LogP contribution in [-0.2, 0) is 4.74 Å². The summed E-state index contributed by atoms with van der Waals surface area (Å²) in [5.41, 5.74) is 4.10. The number of aryl methyl sites for hydroxylation is 1. The molecule has 0 saturated carbocycles. The van der Waals surface area contributed by atoms with Crippen LogP contribution in [0.5, 0.6) is 5.75 Å². The maximum Gasteiger partial charge on any atom is 0.121 e. The third-order valence-corrected chi connectivity index (χ3v) is 3.26. The quantitative estimate of drug-likeness (QED) is 0.707.